The van der Waals surface area contributed by atoms with Crippen molar-refractivity contribution in [2.24, 2.45) is 5.73 Å². The molecule has 0 saturated carbocycles. The maximum Gasteiger partial charge on any atom is 0.320 e. The number of halogens is 1. The van der Waals surface area contributed by atoms with Crippen LogP contribution in [0.1, 0.15) is 16.8 Å². The first-order chi connectivity index (χ1) is 7.00. The largest absolute Gasteiger partial charge is 0.480 e. The molecule has 0 bridgehead atoms. The molecule has 3 N–H and O–H groups in total. The minimum atomic E-state index is -1.25. The number of carbonyl (C=O) groups is 2. The molecular weight excluding hydrogens is 201 g/mol. The molecule has 0 aliphatic heterocycles. The molecule has 1 rings (SSSR count). The van der Waals surface area contributed by atoms with E-state index in [-0.39, 0.29) is 12.0 Å². The highest BCUT2D eigenvalue weighted by Crippen LogP contribution is 2.07. The normalized spacial score (nSPS) is 12.1. The maximum atomic E-state index is 12.7. The Balaban J connectivity index is 2.73. The van der Waals surface area contributed by atoms with Gasteiger partial charge in [0.05, 0.1) is 0 Å². The Bertz CT molecular complexity index is 392. The lowest BCUT2D eigenvalue weighted by molar-refractivity contribution is -0.138. The highest BCUT2D eigenvalue weighted by Gasteiger charge is 2.17. The number of benzene rings is 1. The molecule has 0 heterocycles. The molecule has 0 radical (unpaired) electrons. The van der Waals surface area contributed by atoms with Crippen molar-refractivity contribution in [2.45, 2.75) is 12.5 Å². The van der Waals surface area contributed by atoms with Crippen LogP contribution in [0.3, 0.4) is 0 Å². The number of carboxylic acids is 1. The zero-order valence-electron chi connectivity index (χ0n) is 7.81. The summed E-state index contributed by atoms with van der Waals surface area (Å²) in [7, 11) is 0. The second-order valence-electron chi connectivity index (χ2n) is 3.08. The first kappa shape index (κ1) is 11.3. The molecule has 0 aliphatic carbocycles. The molecule has 15 heavy (non-hydrogen) atoms. The molecule has 80 valence electrons. The van der Waals surface area contributed by atoms with Gasteiger partial charge in [0.15, 0.2) is 5.78 Å². The van der Waals surface area contributed by atoms with E-state index >= 15 is 0 Å². The monoisotopic (exact) mass is 211 g/mol. The fraction of sp³-hybridized carbons (Fsp3) is 0.200. The van der Waals surface area contributed by atoms with Crippen LogP contribution in [0, 0.1) is 5.82 Å². The number of carboxylic acid groups (broad SMARTS) is 1. The average Bonchev–Trinajstić information content (AvgIpc) is 2.17. The number of carbonyl (C=O) groups excluding carboxylic acids is 1. The summed E-state index contributed by atoms with van der Waals surface area (Å²) in [5.41, 5.74) is 5.31. The van der Waals surface area contributed by atoms with Crippen LogP contribution in [-0.2, 0) is 4.79 Å². The number of rotatable bonds is 4. The Hall–Kier alpha value is -1.75. The number of nitrogens with two attached hydrogens (primary N) is 1. The van der Waals surface area contributed by atoms with Crippen LogP contribution in [0.2, 0.25) is 0 Å². The van der Waals surface area contributed by atoms with Gasteiger partial charge in [-0.15, -0.1) is 0 Å². The van der Waals surface area contributed by atoms with Crippen LogP contribution in [0.5, 0.6) is 0 Å². The van der Waals surface area contributed by atoms with Crippen LogP contribution < -0.4 is 5.73 Å². The van der Waals surface area contributed by atoms with Crippen molar-refractivity contribution in [1.29, 1.82) is 0 Å². The first-order valence-electron chi connectivity index (χ1n) is 4.28. The zero-order valence-corrected chi connectivity index (χ0v) is 7.81. The lowest BCUT2D eigenvalue weighted by Crippen LogP contribution is -2.32. The second-order valence-corrected chi connectivity index (χ2v) is 3.08. The van der Waals surface area contributed by atoms with E-state index in [1.807, 2.05) is 0 Å². The van der Waals surface area contributed by atoms with Gasteiger partial charge in [-0.2, -0.15) is 0 Å². The molecular formula is C10H10FNO3. The summed E-state index contributed by atoms with van der Waals surface area (Å²) in [6.07, 6.45) is -0.335. The minimum absolute atomic E-state index is 0.131. The van der Waals surface area contributed by atoms with Crippen LogP contribution in [0.4, 0.5) is 4.39 Å². The third-order valence-corrected chi connectivity index (χ3v) is 1.87. The lowest BCUT2D eigenvalue weighted by atomic mass is 10.0. The van der Waals surface area contributed by atoms with Gasteiger partial charge in [-0.25, -0.2) is 4.39 Å². The Morgan fingerprint density at radius 2 is 2.13 bits per heavy atom. The molecule has 1 unspecified atom stereocenters. The Kier molecular flexibility index (Phi) is 3.51. The molecule has 5 heteroatoms. The van der Waals surface area contributed by atoms with E-state index in [0.29, 0.717) is 0 Å². The number of ketones is 1. The number of aliphatic carboxylic acids is 1. The molecule has 0 amide bonds. The highest BCUT2D eigenvalue weighted by molar-refractivity contribution is 5.98. The van der Waals surface area contributed by atoms with Gasteiger partial charge < -0.3 is 10.8 Å². The number of hydrogen-bond acceptors (Lipinski definition) is 3. The molecule has 0 fully saturated rings. The molecule has 1 aromatic rings. The van der Waals surface area contributed by atoms with E-state index < -0.39 is 23.6 Å². The summed E-state index contributed by atoms with van der Waals surface area (Å²) >= 11 is 0. The summed E-state index contributed by atoms with van der Waals surface area (Å²) in [5, 5.41) is 8.48. The SMILES string of the molecule is NC(CC(=O)c1cccc(F)c1)C(=O)O. The maximum absolute atomic E-state index is 12.7. The van der Waals surface area contributed by atoms with Gasteiger partial charge in [0.1, 0.15) is 11.9 Å². The van der Waals surface area contributed by atoms with Gasteiger partial charge in [-0.1, -0.05) is 12.1 Å². The Morgan fingerprint density at radius 3 is 2.67 bits per heavy atom. The van der Waals surface area contributed by atoms with Gasteiger partial charge in [0, 0.05) is 12.0 Å². The molecule has 1 aromatic carbocycles. The molecule has 0 aliphatic rings. The van der Waals surface area contributed by atoms with Crippen LogP contribution in [-0.4, -0.2) is 22.9 Å². The first-order valence-corrected chi connectivity index (χ1v) is 4.28. The van der Waals surface area contributed by atoms with Gasteiger partial charge in [-0.05, 0) is 12.1 Å². The Labute approximate surface area is 85.5 Å². The van der Waals surface area contributed by atoms with Crippen molar-refractivity contribution in [3.63, 3.8) is 0 Å². The summed E-state index contributed by atoms with van der Waals surface area (Å²) in [4.78, 5) is 21.8. The second kappa shape index (κ2) is 4.65. The van der Waals surface area contributed by atoms with Crippen LogP contribution >= 0.6 is 0 Å². The zero-order chi connectivity index (χ0) is 11.4. The molecule has 1 atom stereocenters. The van der Waals surface area contributed by atoms with Crippen LogP contribution in [0.15, 0.2) is 24.3 Å². The highest BCUT2D eigenvalue weighted by atomic mass is 19.1. The van der Waals surface area contributed by atoms with Gasteiger partial charge in [0.25, 0.3) is 0 Å². The summed E-state index contributed by atoms with van der Waals surface area (Å²) < 4.78 is 12.7. The minimum Gasteiger partial charge on any atom is -0.480 e. The molecule has 0 saturated heterocycles. The predicted octanol–water partition coefficient (Wildman–Crippen LogP) is 0.810. The molecule has 0 aromatic heterocycles. The van der Waals surface area contributed by atoms with Crippen molar-refractivity contribution in [2.75, 3.05) is 0 Å². The van der Waals surface area contributed by atoms with Gasteiger partial charge in [0.2, 0.25) is 0 Å². The summed E-state index contributed by atoms with van der Waals surface area (Å²) in [5.74, 6) is -2.27. The quantitative estimate of drug-likeness (QED) is 0.722. The lowest BCUT2D eigenvalue weighted by Gasteiger charge is -2.05. The topological polar surface area (TPSA) is 80.4 Å². The molecule has 4 nitrogen and oxygen atoms in total. The standard InChI is InChI=1S/C10H10FNO3/c11-7-3-1-2-6(4-7)9(13)5-8(12)10(14)15/h1-4,8H,5,12H2,(H,14,15). The van der Waals surface area contributed by atoms with Crippen molar-refractivity contribution >= 4 is 11.8 Å². The third kappa shape index (κ3) is 3.14. The van der Waals surface area contributed by atoms with Crippen LogP contribution in [0.25, 0.3) is 0 Å². The van der Waals surface area contributed by atoms with Crippen molar-refractivity contribution in [1.82, 2.24) is 0 Å². The van der Waals surface area contributed by atoms with Crippen molar-refractivity contribution in [3.8, 4) is 0 Å². The van der Waals surface area contributed by atoms with Gasteiger partial charge in [-0.3, -0.25) is 9.59 Å². The van der Waals surface area contributed by atoms with E-state index in [1.165, 1.54) is 18.2 Å². The van der Waals surface area contributed by atoms with Crippen molar-refractivity contribution < 1.29 is 19.1 Å². The predicted molar refractivity (Wildman–Crippen MR) is 51.0 cm³/mol. The van der Waals surface area contributed by atoms with E-state index in [9.17, 15) is 14.0 Å². The smallest absolute Gasteiger partial charge is 0.320 e. The Morgan fingerprint density at radius 1 is 1.47 bits per heavy atom. The summed E-state index contributed by atoms with van der Waals surface area (Å²) in [6.45, 7) is 0. The van der Waals surface area contributed by atoms with E-state index in [1.54, 1.807) is 0 Å². The van der Waals surface area contributed by atoms with E-state index in [4.69, 9.17) is 10.8 Å². The summed E-state index contributed by atoms with van der Waals surface area (Å²) in [6, 6.07) is 3.81. The number of hydrogen-bond donors (Lipinski definition) is 2. The fourth-order valence-electron chi connectivity index (χ4n) is 1.07. The van der Waals surface area contributed by atoms with E-state index in [2.05, 4.69) is 0 Å². The van der Waals surface area contributed by atoms with E-state index in [0.717, 1.165) is 6.07 Å². The fourth-order valence-corrected chi connectivity index (χ4v) is 1.07. The van der Waals surface area contributed by atoms with Gasteiger partial charge >= 0.3 is 5.97 Å². The number of Topliss-reactive ketones (excluding diaryl/α,β-unsaturated/α-hetero) is 1. The molecule has 0 spiro atoms. The van der Waals surface area contributed by atoms with Crippen molar-refractivity contribution in [3.05, 3.63) is 35.6 Å². The third-order valence-electron chi connectivity index (χ3n) is 1.87. The average molecular weight is 211 g/mol.